The van der Waals surface area contributed by atoms with Gasteiger partial charge in [-0.15, -0.1) is 0 Å². The number of ether oxygens (including phenoxy) is 1. The van der Waals surface area contributed by atoms with Crippen LogP contribution in [0.15, 0.2) is 53.7 Å². The van der Waals surface area contributed by atoms with E-state index in [9.17, 15) is 0 Å². The number of aliphatic imine (C=N–C) groups is 1. The highest BCUT2D eigenvalue weighted by Crippen LogP contribution is 2.54. The molecular formula is C26H28N4O. The Kier molecular flexibility index (Phi) is 3.89. The minimum atomic E-state index is -0.668. The predicted molar refractivity (Wildman–Crippen MR) is 127 cm³/mol. The molecule has 6 rings (SSSR count). The molecule has 3 aromatic rings. The summed E-state index contributed by atoms with van der Waals surface area (Å²) in [6.07, 6.45) is 7.62. The smallest absolute Gasteiger partial charge is 0.228 e. The van der Waals surface area contributed by atoms with Gasteiger partial charge in [-0.3, -0.25) is 9.98 Å². The van der Waals surface area contributed by atoms with Crippen molar-refractivity contribution in [2.24, 2.45) is 4.99 Å². The van der Waals surface area contributed by atoms with Crippen LogP contribution in [-0.2, 0) is 5.41 Å². The molecule has 5 heteroatoms. The van der Waals surface area contributed by atoms with Crippen molar-refractivity contribution in [3.8, 4) is 5.75 Å². The molecular weight excluding hydrogens is 384 g/mol. The standard InChI is InChI=1S/C26H28N4O/c1-25(2)19-11-5-6-12-20(19)29(3)26(25)17-28-24-18-10-9-13-27-23(18)21(16-22(24)31-26)30-14-7-4-8-15-30/h5-6,9-13,16-17H,4,7-8,14-15H2,1-3H3. The van der Waals surface area contributed by atoms with Gasteiger partial charge in [0.05, 0.1) is 22.8 Å². The summed E-state index contributed by atoms with van der Waals surface area (Å²) in [5, 5.41) is 1.06. The molecule has 1 aromatic heterocycles. The fourth-order valence-electron chi connectivity index (χ4n) is 5.66. The maximum atomic E-state index is 6.95. The number of likely N-dealkylation sites (N-methyl/N-ethyl adjacent to an activating group) is 1. The molecule has 0 radical (unpaired) electrons. The SMILES string of the molecule is CN1c2ccccc2C(C)(C)C12C=Nc1c(cc(N3CCCCC3)c3ncccc13)O2. The highest BCUT2D eigenvalue weighted by molar-refractivity contribution is 6.04. The van der Waals surface area contributed by atoms with Gasteiger partial charge in [-0.05, 0) is 56.9 Å². The van der Waals surface area contributed by atoms with Gasteiger partial charge in [0, 0.05) is 43.5 Å². The van der Waals surface area contributed by atoms with Crippen molar-refractivity contribution in [2.75, 3.05) is 29.9 Å². The minimum absolute atomic E-state index is 0.255. The molecule has 1 spiro atoms. The highest BCUT2D eigenvalue weighted by atomic mass is 16.5. The van der Waals surface area contributed by atoms with Crippen molar-refractivity contribution in [3.63, 3.8) is 0 Å². The van der Waals surface area contributed by atoms with Gasteiger partial charge in [-0.25, -0.2) is 0 Å². The summed E-state index contributed by atoms with van der Waals surface area (Å²) in [6, 6.07) is 14.9. The van der Waals surface area contributed by atoms with Gasteiger partial charge in [0.15, 0.2) is 5.75 Å². The normalized spacial score (nSPS) is 23.7. The topological polar surface area (TPSA) is 41.0 Å². The zero-order valence-corrected chi connectivity index (χ0v) is 18.4. The second kappa shape index (κ2) is 6.46. The summed E-state index contributed by atoms with van der Waals surface area (Å²) in [5.74, 6) is 0.844. The molecule has 3 aliphatic heterocycles. The van der Waals surface area contributed by atoms with Crippen molar-refractivity contribution in [3.05, 3.63) is 54.2 Å². The Bertz CT molecular complexity index is 1210. The van der Waals surface area contributed by atoms with Crippen molar-refractivity contribution in [1.82, 2.24) is 4.98 Å². The second-order valence-corrected chi connectivity index (χ2v) is 9.45. The zero-order valence-electron chi connectivity index (χ0n) is 18.4. The van der Waals surface area contributed by atoms with Crippen LogP contribution in [-0.4, -0.2) is 37.1 Å². The largest absolute Gasteiger partial charge is 0.459 e. The van der Waals surface area contributed by atoms with Crippen LogP contribution in [0, 0.1) is 0 Å². The average molecular weight is 413 g/mol. The monoisotopic (exact) mass is 412 g/mol. The fourth-order valence-corrected chi connectivity index (χ4v) is 5.66. The second-order valence-electron chi connectivity index (χ2n) is 9.45. The maximum absolute atomic E-state index is 6.95. The van der Waals surface area contributed by atoms with E-state index in [4.69, 9.17) is 14.7 Å². The number of para-hydroxylation sites is 1. The quantitative estimate of drug-likeness (QED) is 0.533. The van der Waals surface area contributed by atoms with Crippen LogP contribution in [0.5, 0.6) is 5.75 Å². The summed E-state index contributed by atoms with van der Waals surface area (Å²) in [5.41, 5.74) is 4.62. The van der Waals surface area contributed by atoms with Gasteiger partial charge < -0.3 is 14.5 Å². The molecule has 3 aliphatic rings. The molecule has 0 N–H and O–H groups in total. The first kappa shape index (κ1) is 18.7. The minimum Gasteiger partial charge on any atom is -0.459 e. The van der Waals surface area contributed by atoms with E-state index in [0.717, 1.165) is 41.1 Å². The molecule has 1 saturated heterocycles. The molecule has 31 heavy (non-hydrogen) atoms. The number of fused-ring (bicyclic) bond motifs is 4. The number of hydrogen-bond acceptors (Lipinski definition) is 5. The van der Waals surface area contributed by atoms with Gasteiger partial charge in [-0.2, -0.15) is 0 Å². The number of hydrogen-bond donors (Lipinski definition) is 0. The van der Waals surface area contributed by atoms with Gasteiger partial charge in [0.25, 0.3) is 0 Å². The lowest BCUT2D eigenvalue weighted by molar-refractivity contribution is 0.0827. The van der Waals surface area contributed by atoms with Gasteiger partial charge >= 0.3 is 0 Å². The first-order valence-corrected chi connectivity index (χ1v) is 11.3. The molecule has 1 fully saturated rings. The molecule has 2 aromatic carbocycles. The lowest BCUT2D eigenvalue weighted by atomic mass is 9.77. The Morgan fingerprint density at radius 2 is 1.77 bits per heavy atom. The fraction of sp³-hybridized carbons (Fsp3) is 0.385. The Balaban J connectivity index is 1.53. The molecule has 0 aliphatic carbocycles. The van der Waals surface area contributed by atoms with Gasteiger partial charge in [0.2, 0.25) is 5.72 Å². The van der Waals surface area contributed by atoms with E-state index in [1.807, 2.05) is 18.5 Å². The van der Waals surface area contributed by atoms with E-state index >= 15 is 0 Å². The van der Waals surface area contributed by atoms with Crippen LogP contribution in [0.3, 0.4) is 0 Å². The molecule has 158 valence electrons. The third kappa shape index (κ3) is 2.43. The van der Waals surface area contributed by atoms with E-state index in [2.05, 4.69) is 67.1 Å². The Hall–Kier alpha value is -3.08. The zero-order chi connectivity index (χ0) is 21.2. The predicted octanol–water partition coefficient (Wildman–Crippen LogP) is 5.44. The number of benzene rings is 2. The molecule has 0 saturated carbocycles. The summed E-state index contributed by atoms with van der Waals surface area (Å²) in [7, 11) is 2.11. The van der Waals surface area contributed by atoms with Crippen LogP contribution >= 0.6 is 0 Å². The first-order chi connectivity index (χ1) is 15.0. The number of piperidine rings is 1. The number of anilines is 2. The lowest BCUT2D eigenvalue weighted by Gasteiger charge is -2.45. The highest BCUT2D eigenvalue weighted by Gasteiger charge is 2.58. The molecule has 0 bridgehead atoms. The maximum Gasteiger partial charge on any atom is 0.228 e. The first-order valence-electron chi connectivity index (χ1n) is 11.3. The molecule has 1 atom stereocenters. The molecule has 5 nitrogen and oxygen atoms in total. The number of aromatic nitrogens is 1. The van der Waals surface area contributed by atoms with Crippen LogP contribution in [0.4, 0.5) is 17.1 Å². The lowest BCUT2D eigenvalue weighted by Crippen LogP contribution is -2.61. The number of pyridine rings is 1. The van der Waals surface area contributed by atoms with Crippen molar-refractivity contribution < 1.29 is 4.74 Å². The third-order valence-corrected chi connectivity index (χ3v) is 7.47. The summed E-state index contributed by atoms with van der Waals surface area (Å²) >= 11 is 0. The van der Waals surface area contributed by atoms with E-state index in [1.54, 1.807) is 0 Å². The number of rotatable bonds is 1. The van der Waals surface area contributed by atoms with E-state index < -0.39 is 5.72 Å². The summed E-state index contributed by atoms with van der Waals surface area (Å²) in [6.45, 7) is 6.63. The number of nitrogens with zero attached hydrogens (tertiary/aromatic N) is 4. The van der Waals surface area contributed by atoms with E-state index in [-0.39, 0.29) is 5.41 Å². The molecule has 0 amide bonds. The third-order valence-electron chi connectivity index (χ3n) is 7.47. The molecule has 4 heterocycles. The summed E-state index contributed by atoms with van der Waals surface area (Å²) < 4.78 is 6.95. The van der Waals surface area contributed by atoms with Crippen LogP contribution < -0.4 is 14.5 Å². The van der Waals surface area contributed by atoms with E-state index in [0.29, 0.717) is 0 Å². The van der Waals surface area contributed by atoms with E-state index in [1.165, 1.54) is 30.5 Å². The van der Waals surface area contributed by atoms with Crippen LogP contribution in [0.25, 0.3) is 10.9 Å². The Morgan fingerprint density at radius 1 is 0.968 bits per heavy atom. The Labute approximate surface area is 183 Å². The van der Waals surface area contributed by atoms with Crippen molar-refractivity contribution in [2.45, 2.75) is 44.2 Å². The van der Waals surface area contributed by atoms with Crippen molar-refractivity contribution >= 4 is 34.2 Å². The van der Waals surface area contributed by atoms with Gasteiger partial charge in [0.1, 0.15) is 5.69 Å². The average Bonchev–Trinajstić information content (AvgIpc) is 2.97. The van der Waals surface area contributed by atoms with Crippen LogP contribution in [0.1, 0.15) is 38.7 Å². The van der Waals surface area contributed by atoms with Gasteiger partial charge in [-0.1, -0.05) is 18.2 Å². The van der Waals surface area contributed by atoms with Crippen LogP contribution in [0.2, 0.25) is 0 Å². The molecule has 1 unspecified atom stereocenters. The van der Waals surface area contributed by atoms with Crippen molar-refractivity contribution in [1.29, 1.82) is 0 Å². The Morgan fingerprint density at radius 3 is 2.58 bits per heavy atom. The summed E-state index contributed by atoms with van der Waals surface area (Å²) in [4.78, 5) is 14.5.